The van der Waals surface area contributed by atoms with Crippen LogP contribution in [0.15, 0.2) is 23.1 Å². The highest BCUT2D eigenvalue weighted by atomic mass is 32.2. The third-order valence-corrected chi connectivity index (χ3v) is 5.23. The Kier molecular flexibility index (Phi) is 3.78. The highest BCUT2D eigenvalue weighted by Crippen LogP contribution is 2.38. The van der Waals surface area contributed by atoms with Gasteiger partial charge in [-0.05, 0) is 30.9 Å². The van der Waals surface area contributed by atoms with Gasteiger partial charge in [0.15, 0.2) is 0 Å². The lowest BCUT2D eigenvalue weighted by Crippen LogP contribution is -2.34. The van der Waals surface area contributed by atoms with Crippen LogP contribution < -0.4 is 5.32 Å². The molecule has 2 aliphatic rings. The summed E-state index contributed by atoms with van der Waals surface area (Å²) in [5.41, 5.74) is 0.947. The molecular weight excluding hydrogens is 261 g/mol. The van der Waals surface area contributed by atoms with Crippen molar-refractivity contribution in [1.29, 1.82) is 0 Å². The lowest BCUT2D eigenvalue weighted by atomic mass is 10.0. The van der Waals surface area contributed by atoms with E-state index in [1.54, 1.807) is 17.8 Å². The molecule has 1 N–H and O–H groups in total. The molecule has 0 aromatic heterocycles. The van der Waals surface area contributed by atoms with Gasteiger partial charge in [-0.2, -0.15) is 0 Å². The van der Waals surface area contributed by atoms with Crippen molar-refractivity contribution >= 4 is 17.7 Å². The molecule has 1 aliphatic heterocycles. The van der Waals surface area contributed by atoms with Crippen molar-refractivity contribution in [2.24, 2.45) is 5.92 Å². The molecule has 0 unspecified atom stereocenters. The number of amides is 1. The van der Waals surface area contributed by atoms with Gasteiger partial charge in [-0.15, -0.1) is 11.8 Å². The molecule has 0 bridgehead atoms. The lowest BCUT2D eigenvalue weighted by Gasteiger charge is -2.27. The van der Waals surface area contributed by atoms with Gasteiger partial charge in [0, 0.05) is 16.6 Å². The topological polar surface area (TPSA) is 29.1 Å². The fourth-order valence-corrected chi connectivity index (χ4v) is 4.15. The maximum atomic E-state index is 13.7. The van der Waals surface area contributed by atoms with Gasteiger partial charge in [0.25, 0.3) is 0 Å². The first-order valence-corrected chi connectivity index (χ1v) is 7.96. The van der Waals surface area contributed by atoms with Gasteiger partial charge >= 0.3 is 0 Å². The Morgan fingerprint density at radius 3 is 2.84 bits per heavy atom. The molecule has 2 nitrogen and oxygen atoms in total. The van der Waals surface area contributed by atoms with Crippen LogP contribution in [0.1, 0.15) is 43.7 Å². The highest BCUT2D eigenvalue weighted by molar-refractivity contribution is 7.99. The van der Waals surface area contributed by atoms with Crippen LogP contribution >= 0.6 is 11.8 Å². The van der Waals surface area contributed by atoms with Crippen LogP contribution in [-0.2, 0) is 4.79 Å². The predicted octanol–water partition coefficient (Wildman–Crippen LogP) is 3.67. The number of thioether (sulfide) groups is 1. The number of nitrogens with one attached hydrogen (secondary N) is 1. The minimum absolute atomic E-state index is 0.0138. The van der Waals surface area contributed by atoms with Crippen molar-refractivity contribution in [3.8, 4) is 0 Å². The number of fused-ring (bicyclic) bond motifs is 1. The van der Waals surface area contributed by atoms with E-state index in [4.69, 9.17) is 0 Å². The minimum atomic E-state index is -0.165. The van der Waals surface area contributed by atoms with Gasteiger partial charge in [-0.3, -0.25) is 4.79 Å². The summed E-state index contributed by atoms with van der Waals surface area (Å²) in [5, 5.41) is 3.13. The summed E-state index contributed by atoms with van der Waals surface area (Å²) in [4.78, 5) is 12.9. The SMILES string of the molecule is O=C(N[C@H]1CCSc2c(F)cccc21)C1CCCC1. The Labute approximate surface area is 117 Å². The molecule has 1 aliphatic carbocycles. The number of rotatable bonds is 2. The van der Waals surface area contributed by atoms with E-state index in [0.717, 1.165) is 43.4 Å². The molecule has 1 heterocycles. The number of halogens is 1. The van der Waals surface area contributed by atoms with E-state index in [1.807, 2.05) is 6.07 Å². The monoisotopic (exact) mass is 279 g/mol. The molecule has 1 atom stereocenters. The zero-order valence-corrected chi connectivity index (χ0v) is 11.6. The summed E-state index contributed by atoms with van der Waals surface area (Å²) < 4.78 is 13.7. The molecule has 0 spiro atoms. The molecule has 1 aromatic carbocycles. The van der Waals surface area contributed by atoms with E-state index >= 15 is 0 Å². The molecule has 19 heavy (non-hydrogen) atoms. The molecule has 0 saturated heterocycles. The number of hydrogen-bond donors (Lipinski definition) is 1. The molecule has 3 rings (SSSR count). The van der Waals surface area contributed by atoms with Gasteiger partial charge in [-0.25, -0.2) is 4.39 Å². The number of benzene rings is 1. The zero-order valence-electron chi connectivity index (χ0n) is 10.8. The second kappa shape index (κ2) is 5.53. The fraction of sp³-hybridized carbons (Fsp3) is 0.533. The van der Waals surface area contributed by atoms with Gasteiger partial charge in [-0.1, -0.05) is 25.0 Å². The normalized spacial score (nSPS) is 23.1. The van der Waals surface area contributed by atoms with E-state index < -0.39 is 0 Å². The Hall–Kier alpha value is -1.03. The van der Waals surface area contributed by atoms with E-state index in [1.165, 1.54) is 6.07 Å². The lowest BCUT2D eigenvalue weighted by molar-refractivity contribution is -0.125. The molecule has 1 aromatic rings. The summed E-state index contributed by atoms with van der Waals surface area (Å²) >= 11 is 1.55. The van der Waals surface area contributed by atoms with Crippen molar-refractivity contribution in [2.75, 3.05) is 5.75 Å². The number of carbonyl (C=O) groups excluding carboxylic acids is 1. The molecule has 1 fully saturated rings. The van der Waals surface area contributed by atoms with Gasteiger partial charge in [0.1, 0.15) is 5.82 Å². The van der Waals surface area contributed by atoms with Crippen LogP contribution in [0.4, 0.5) is 4.39 Å². The van der Waals surface area contributed by atoms with Crippen LogP contribution in [0.25, 0.3) is 0 Å². The van der Waals surface area contributed by atoms with E-state index in [9.17, 15) is 9.18 Å². The smallest absolute Gasteiger partial charge is 0.223 e. The third kappa shape index (κ3) is 2.64. The molecule has 102 valence electrons. The number of hydrogen-bond acceptors (Lipinski definition) is 2. The van der Waals surface area contributed by atoms with Crippen molar-refractivity contribution in [3.63, 3.8) is 0 Å². The Bertz CT molecular complexity index is 485. The van der Waals surface area contributed by atoms with Crippen LogP contribution in [0.5, 0.6) is 0 Å². The summed E-state index contributed by atoms with van der Waals surface area (Å²) in [7, 11) is 0. The second-order valence-corrected chi connectivity index (χ2v) is 6.44. The first kappa shape index (κ1) is 13.0. The first-order valence-electron chi connectivity index (χ1n) is 6.97. The first-order chi connectivity index (χ1) is 9.25. The number of carbonyl (C=O) groups is 1. The summed E-state index contributed by atoms with van der Waals surface area (Å²) in [6.07, 6.45) is 5.21. The van der Waals surface area contributed by atoms with Gasteiger partial charge < -0.3 is 5.32 Å². The molecular formula is C15H18FNOS. The van der Waals surface area contributed by atoms with E-state index in [2.05, 4.69) is 5.32 Å². The van der Waals surface area contributed by atoms with Gasteiger partial charge in [0.05, 0.1) is 6.04 Å². The fourth-order valence-electron chi connectivity index (χ4n) is 3.01. The Morgan fingerprint density at radius 2 is 2.05 bits per heavy atom. The quantitative estimate of drug-likeness (QED) is 0.895. The van der Waals surface area contributed by atoms with E-state index in [0.29, 0.717) is 4.90 Å². The average molecular weight is 279 g/mol. The maximum Gasteiger partial charge on any atom is 0.223 e. The standard InChI is InChI=1S/C15H18FNOS/c16-12-7-3-6-11-13(8-9-19-14(11)12)17-15(18)10-4-1-2-5-10/h3,6-7,10,13H,1-2,4-5,8-9H2,(H,17,18)/t13-/m0/s1. The maximum absolute atomic E-state index is 13.7. The van der Waals surface area contributed by atoms with Crippen molar-refractivity contribution in [1.82, 2.24) is 5.32 Å². The largest absolute Gasteiger partial charge is 0.349 e. The molecule has 4 heteroatoms. The Morgan fingerprint density at radius 1 is 1.26 bits per heavy atom. The average Bonchev–Trinajstić information content (AvgIpc) is 2.94. The van der Waals surface area contributed by atoms with Crippen molar-refractivity contribution in [2.45, 2.75) is 43.0 Å². The summed E-state index contributed by atoms with van der Waals surface area (Å²) in [6.45, 7) is 0. The Balaban J connectivity index is 1.76. The summed E-state index contributed by atoms with van der Waals surface area (Å²) in [6, 6.07) is 5.14. The van der Waals surface area contributed by atoms with Crippen LogP contribution in [-0.4, -0.2) is 11.7 Å². The molecule has 0 radical (unpaired) electrons. The second-order valence-electron chi connectivity index (χ2n) is 5.34. The van der Waals surface area contributed by atoms with Crippen LogP contribution in [0.3, 0.4) is 0 Å². The predicted molar refractivity (Wildman–Crippen MR) is 74.6 cm³/mol. The van der Waals surface area contributed by atoms with Crippen LogP contribution in [0, 0.1) is 11.7 Å². The molecule has 1 amide bonds. The molecule has 1 saturated carbocycles. The third-order valence-electron chi connectivity index (χ3n) is 4.07. The van der Waals surface area contributed by atoms with E-state index in [-0.39, 0.29) is 23.7 Å². The van der Waals surface area contributed by atoms with Crippen molar-refractivity contribution in [3.05, 3.63) is 29.6 Å². The highest BCUT2D eigenvalue weighted by Gasteiger charge is 2.28. The summed E-state index contributed by atoms with van der Waals surface area (Å²) in [5.74, 6) is 1.03. The van der Waals surface area contributed by atoms with Gasteiger partial charge in [0.2, 0.25) is 5.91 Å². The zero-order chi connectivity index (χ0) is 13.2. The van der Waals surface area contributed by atoms with Crippen LogP contribution in [0.2, 0.25) is 0 Å². The van der Waals surface area contributed by atoms with Crippen molar-refractivity contribution < 1.29 is 9.18 Å². The minimum Gasteiger partial charge on any atom is -0.349 e.